The molecule has 0 saturated carbocycles. The topological polar surface area (TPSA) is 84.2 Å². The minimum absolute atomic E-state index is 0.0907. The second-order valence-corrected chi connectivity index (χ2v) is 6.31. The van der Waals surface area contributed by atoms with E-state index in [1.807, 2.05) is 0 Å². The van der Waals surface area contributed by atoms with Crippen molar-refractivity contribution < 1.29 is 12.8 Å². The minimum Gasteiger partial charge on any atom is -0.446 e. The SMILES string of the molecule is CCCNCc1ccc(S(=O)(=O)Nc2ccncc2C)o1. The predicted octanol–water partition coefficient (Wildman–Crippen LogP) is 2.28. The summed E-state index contributed by atoms with van der Waals surface area (Å²) in [4.78, 5) is 3.93. The number of nitrogens with one attached hydrogen (secondary N) is 2. The Labute approximate surface area is 124 Å². The Balaban J connectivity index is 2.11. The van der Waals surface area contributed by atoms with Gasteiger partial charge < -0.3 is 9.73 Å². The van der Waals surface area contributed by atoms with Gasteiger partial charge in [-0.3, -0.25) is 9.71 Å². The molecule has 2 rings (SSSR count). The van der Waals surface area contributed by atoms with Gasteiger partial charge in [-0.15, -0.1) is 0 Å². The summed E-state index contributed by atoms with van der Waals surface area (Å²) < 4.78 is 32.4. The van der Waals surface area contributed by atoms with E-state index >= 15 is 0 Å². The first kappa shape index (κ1) is 15.5. The molecule has 0 aliphatic heterocycles. The highest BCUT2D eigenvalue weighted by atomic mass is 32.2. The number of aromatic nitrogens is 1. The van der Waals surface area contributed by atoms with Gasteiger partial charge in [-0.05, 0) is 43.7 Å². The standard InChI is InChI=1S/C14H19N3O3S/c1-3-7-15-10-12-4-5-14(20-12)21(18,19)17-13-6-8-16-9-11(13)2/h4-6,8-9,15H,3,7,10H2,1-2H3,(H,16,17). The summed E-state index contributed by atoms with van der Waals surface area (Å²) in [5.41, 5.74) is 1.24. The van der Waals surface area contributed by atoms with E-state index in [0.717, 1.165) is 18.5 Å². The maximum absolute atomic E-state index is 12.3. The van der Waals surface area contributed by atoms with E-state index in [4.69, 9.17) is 4.42 Å². The smallest absolute Gasteiger partial charge is 0.295 e. The molecule has 2 N–H and O–H groups in total. The molecule has 0 bridgehead atoms. The van der Waals surface area contributed by atoms with Crippen molar-refractivity contribution in [3.8, 4) is 0 Å². The minimum atomic E-state index is -3.72. The van der Waals surface area contributed by atoms with Crippen LogP contribution in [0.4, 0.5) is 5.69 Å². The number of rotatable bonds is 7. The van der Waals surface area contributed by atoms with Gasteiger partial charge in [-0.2, -0.15) is 8.42 Å². The molecule has 114 valence electrons. The maximum Gasteiger partial charge on any atom is 0.295 e. The van der Waals surface area contributed by atoms with Crippen LogP contribution in [0.5, 0.6) is 0 Å². The van der Waals surface area contributed by atoms with Crippen molar-refractivity contribution in [2.24, 2.45) is 0 Å². The fraction of sp³-hybridized carbons (Fsp3) is 0.357. The summed E-state index contributed by atoms with van der Waals surface area (Å²) in [5, 5.41) is 3.07. The monoisotopic (exact) mass is 309 g/mol. The van der Waals surface area contributed by atoms with Crippen molar-refractivity contribution in [1.82, 2.24) is 10.3 Å². The van der Waals surface area contributed by atoms with E-state index in [9.17, 15) is 8.42 Å². The summed E-state index contributed by atoms with van der Waals surface area (Å²) >= 11 is 0. The summed E-state index contributed by atoms with van der Waals surface area (Å²) in [6.07, 6.45) is 4.14. The third-order valence-electron chi connectivity index (χ3n) is 2.89. The van der Waals surface area contributed by atoms with Crippen LogP contribution in [0.25, 0.3) is 0 Å². The molecule has 0 unspecified atom stereocenters. The maximum atomic E-state index is 12.3. The highest BCUT2D eigenvalue weighted by molar-refractivity contribution is 7.92. The molecule has 0 fully saturated rings. The average molecular weight is 309 g/mol. The molecule has 0 amide bonds. The lowest BCUT2D eigenvalue weighted by Gasteiger charge is -2.07. The number of aryl methyl sites for hydroxylation is 1. The van der Waals surface area contributed by atoms with Gasteiger partial charge in [0.2, 0.25) is 5.09 Å². The van der Waals surface area contributed by atoms with Gasteiger partial charge >= 0.3 is 0 Å². The molecular weight excluding hydrogens is 290 g/mol. The second kappa shape index (κ2) is 6.73. The zero-order chi connectivity index (χ0) is 15.3. The van der Waals surface area contributed by atoms with Crippen LogP contribution in [0.1, 0.15) is 24.7 Å². The largest absolute Gasteiger partial charge is 0.446 e. The van der Waals surface area contributed by atoms with Gasteiger partial charge in [0.05, 0.1) is 12.2 Å². The van der Waals surface area contributed by atoms with Gasteiger partial charge in [-0.1, -0.05) is 6.92 Å². The van der Waals surface area contributed by atoms with Crippen molar-refractivity contribution >= 4 is 15.7 Å². The van der Waals surface area contributed by atoms with E-state index in [-0.39, 0.29) is 5.09 Å². The molecule has 21 heavy (non-hydrogen) atoms. The third-order valence-corrected chi connectivity index (χ3v) is 4.13. The first-order valence-corrected chi connectivity index (χ1v) is 8.24. The Bertz CT molecular complexity index is 695. The van der Waals surface area contributed by atoms with Gasteiger partial charge in [0.25, 0.3) is 10.0 Å². The second-order valence-electron chi connectivity index (χ2n) is 4.69. The van der Waals surface area contributed by atoms with Crippen LogP contribution in [0.15, 0.2) is 40.1 Å². The molecule has 0 aromatic carbocycles. The van der Waals surface area contributed by atoms with Crippen molar-refractivity contribution in [2.45, 2.75) is 31.9 Å². The molecule has 7 heteroatoms. The first-order chi connectivity index (χ1) is 10.0. The van der Waals surface area contributed by atoms with E-state index in [0.29, 0.717) is 18.0 Å². The summed E-state index contributed by atoms with van der Waals surface area (Å²) in [7, 11) is -3.72. The van der Waals surface area contributed by atoms with Crippen molar-refractivity contribution in [3.63, 3.8) is 0 Å². The van der Waals surface area contributed by atoms with Crippen molar-refractivity contribution in [3.05, 3.63) is 41.9 Å². The number of anilines is 1. The van der Waals surface area contributed by atoms with E-state index < -0.39 is 10.0 Å². The van der Waals surface area contributed by atoms with Gasteiger partial charge in [-0.25, -0.2) is 0 Å². The van der Waals surface area contributed by atoms with Gasteiger partial charge in [0.1, 0.15) is 5.76 Å². The molecular formula is C14H19N3O3S. The number of pyridine rings is 1. The van der Waals surface area contributed by atoms with Crippen LogP contribution in [0, 0.1) is 6.92 Å². The number of sulfonamides is 1. The highest BCUT2D eigenvalue weighted by Gasteiger charge is 2.19. The average Bonchev–Trinajstić information content (AvgIpc) is 2.91. The van der Waals surface area contributed by atoms with Crippen molar-refractivity contribution in [2.75, 3.05) is 11.3 Å². The molecule has 2 aromatic heterocycles. The number of hydrogen-bond acceptors (Lipinski definition) is 5. The molecule has 6 nitrogen and oxygen atoms in total. The number of furan rings is 1. The predicted molar refractivity (Wildman–Crippen MR) is 80.5 cm³/mol. The van der Waals surface area contributed by atoms with Crippen molar-refractivity contribution in [1.29, 1.82) is 0 Å². The Morgan fingerprint density at radius 3 is 2.81 bits per heavy atom. The molecule has 0 spiro atoms. The van der Waals surface area contributed by atoms with Gasteiger partial charge in [0, 0.05) is 12.4 Å². The molecule has 0 saturated heterocycles. The summed E-state index contributed by atoms with van der Waals surface area (Å²) in [5.74, 6) is 0.593. The molecule has 0 aliphatic rings. The van der Waals surface area contributed by atoms with Crippen LogP contribution in [-0.2, 0) is 16.6 Å². The Morgan fingerprint density at radius 2 is 2.10 bits per heavy atom. The van der Waals surface area contributed by atoms with Crippen LogP contribution in [0.2, 0.25) is 0 Å². The van der Waals surface area contributed by atoms with Crippen LogP contribution in [0.3, 0.4) is 0 Å². The lowest BCUT2D eigenvalue weighted by Crippen LogP contribution is -2.14. The molecule has 0 radical (unpaired) electrons. The molecule has 2 aromatic rings. The third kappa shape index (κ3) is 4.05. The molecule has 2 heterocycles. The first-order valence-electron chi connectivity index (χ1n) is 6.76. The van der Waals surface area contributed by atoms with E-state index in [1.165, 1.54) is 12.3 Å². The lowest BCUT2D eigenvalue weighted by molar-refractivity contribution is 0.403. The number of nitrogens with zero attached hydrogens (tertiary/aromatic N) is 1. The normalized spacial score (nSPS) is 11.5. The Morgan fingerprint density at radius 1 is 1.29 bits per heavy atom. The lowest BCUT2D eigenvalue weighted by atomic mass is 10.3. The zero-order valence-electron chi connectivity index (χ0n) is 12.1. The Hall–Kier alpha value is -1.86. The quantitative estimate of drug-likeness (QED) is 0.767. The van der Waals surface area contributed by atoms with E-state index in [1.54, 1.807) is 25.3 Å². The summed E-state index contributed by atoms with van der Waals surface area (Å²) in [6.45, 7) is 5.22. The van der Waals surface area contributed by atoms with E-state index in [2.05, 4.69) is 21.9 Å². The number of hydrogen-bond donors (Lipinski definition) is 2. The molecule has 0 aliphatic carbocycles. The zero-order valence-corrected chi connectivity index (χ0v) is 12.9. The van der Waals surface area contributed by atoms with Gasteiger partial charge in [0.15, 0.2) is 0 Å². The van der Waals surface area contributed by atoms with Crippen LogP contribution >= 0.6 is 0 Å². The fourth-order valence-corrected chi connectivity index (χ4v) is 2.85. The summed E-state index contributed by atoms with van der Waals surface area (Å²) in [6, 6.07) is 4.73. The Kier molecular flexibility index (Phi) is 4.98. The van der Waals surface area contributed by atoms with Crippen LogP contribution < -0.4 is 10.0 Å². The fourth-order valence-electron chi connectivity index (χ4n) is 1.77. The molecule has 0 atom stereocenters. The highest BCUT2D eigenvalue weighted by Crippen LogP contribution is 2.20. The van der Waals surface area contributed by atoms with Crippen LogP contribution in [-0.4, -0.2) is 19.9 Å².